The molecular weight excluding hydrogens is 285 g/mol. The summed E-state index contributed by atoms with van der Waals surface area (Å²) in [6.07, 6.45) is 1.65. The third-order valence-electron chi connectivity index (χ3n) is 2.56. The van der Waals surface area contributed by atoms with Crippen LogP contribution in [0.15, 0.2) is 34.9 Å². The average Bonchev–Trinajstić information content (AvgIpc) is 2.87. The summed E-state index contributed by atoms with van der Waals surface area (Å²) in [6, 6.07) is 7.49. The first-order chi connectivity index (χ1) is 9.20. The highest BCUT2D eigenvalue weighted by Crippen LogP contribution is 2.34. The molecule has 1 aromatic heterocycles. The van der Waals surface area contributed by atoms with Crippen molar-refractivity contribution in [3.05, 3.63) is 51.9 Å². The lowest BCUT2D eigenvalue weighted by molar-refractivity contribution is 0.340. The maximum atomic E-state index is 6.14. The van der Waals surface area contributed by atoms with Gasteiger partial charge in [-0.1, -0.05) is 23.2 Å². The molecule has 0 bridgehead atoms. The zero-order valence-electron chi connectivity index (χ0n) is 10.6. The number of hydrogen-bond donors (Lipinski definition) is 1. The molecule has 0 atom stereocenters. The molecule has 102 valence electrons. The van der Waals surface area contributed by atoms with Crippen molar-refractivity contribution in [3.8, 4) is 5.75 Å². The predicted molar refractivity (Wildman–Crippen MR) is 76.9 cm³/mol. The van der Waals surface area contributed by atoms with E-state index in [9.17, 15) is 0 Å². The summed E-state index contributed by atoms with van der Waals surface area (Å²) in [6.45, 7) is 3.75. The number of furan rings is 1. The molecule has 0 amide bonds. The quantitative estimate of drug-likeness (QED) is 0.865. The van der Waals surface area contributed by atoms with Gasteiger partial charge in [0, 0.05) is 6.54 Å². The Bertz CT molecular complexity index is 503. The van der Waals surface area contributed by atoms with Crippen molar-refractivity contribution in [2.75, 3.05) is 6.61 Å². The number of halogens is 2. The van der Waals surface area contributed by atoms with Crippen LogP contribution in [0.1, 0.15) is 18.2 Å². The third kappa shape index (κ3) is 3.90. The van der Waals surface area contributed by atoms with E-state index < -0.39 is 0 Å². The fourth-order valence-electron chi connectivity index (χ4n) is 1.74. The number of nitrogens with one attached hydrogen (secondary N) is 1. The fourth-order valence-corrected chi connectivity index (χ4v) is 2.38. The zero-order valence-corrected chi connectivity index (χ0v) is 12.1. The summed E-state index contributed by atoms with van der Waals surface area (Å²) >= 11 is 12.3. The van der Waals surface area contributed by atoms with Gasteiger partial charge in [0.15, 0.2) is 5.75 Å². The molecule has 0 saturated heterocycles. The van der Waals surface area contributed by atoms with Crippen LogP contribution >= 0.6 is 23.2 Å². The minimum atomic E-state index is 0.532. The van der Waals surface area contributed by atoms with E-state index in [2.05, 4.69) is 5.32 Å². The maximum absolute atomic E-state index is 6.14. The molecule has 1 heterocycles. The smallest absolute Gasteiger partial charge is 0.156 e. The van der Waals surface area contributed by atoms with Crippen molar-refractivity contribution in [1.29, 1.82) is 0 Å². The molecule has 2 rings (SSSR count). The van der Waals surface area contributed by atoms with Crippen LogP contribution in [0.4, 0.5) is 0 Å². The van der Waals surface area contributed by atoms with Crippen LogP contribution in [0.3, 0.4) is 0 Å². The molecule has 19 heavy (non-hydrogen) atoms. The normalized spacial score (nSPS) is 10.7. The highest BCUT2D eigenvalue weighted by atomic mass is 35.5. The maximum Gasteiger partial charge on any atom is 0.156 e. The van der Waals surface area contributed by atoms with E-state index in [0.29, 0.717) is 35.5 Å². The van der Waals surface area contributed by atoms with E-state index >= 15 is 0 Å². The zero-order chi connectivity index (χ0) is 13.7. The highest BCUT2D eigenvalue weighted by Gasteiger charge is 2.09. The minimum absolute atomic E-state index is 0.532. The Morgan fingerprint density at radius 3 is 2.53 bits per heavy atom. The third-order valence-corrected chi connectivity index (χ3v) is 3.12. The van der Waals surface area contributed by atoms with Gasteiger partial charge in [-0.2, -0.15) is 0 Å². The second-order valence-corrected chi connectivity index (χ2v) is 4.82. The molecule has 0 saturated carbocycles. The first kappa shape index (κ1) is 14.3. The summed E-state index contributed by atoms with van der Waals surface area (Å²) in [5.41, 5.74) is 1.00. The Kier molecular flexibility index (Phi) is 5.14. The van der Waals surface area contributed by atoms with Gasteiger partial charge in [-0.15, -0.1) is 0 Å². The Hall–Kier alpha value is -1.16. The summed E-state index contributed by atoms with van der Waals surface area (Å²) < 4.78 is 10.6. The van der Waals surface area contributed by atoms with Crippen LogP contribution < -0.4 is 10.1 Å². The Morgan fingerprint density at radius 2 is 1.95 bits per heavy atom. The minimum Gasteiger partial charge on any atom is -0.491 e. The van der Waals surface area contributed by atoms with E-state index in [0.717, 1.165) is 11.3 Å². The summed E-state index contributed by atoms with van der Waals surface area (Å²) in [5.74, 6) is 1.43. The van der Waals surface area contributed by atoms with Gasteiger partial charge in [-0.3, -0.25) is 0 Å². The molecule has 0 radical (unpaired) electrons. The largest absolute Gasteiger partial charge is 0.491 e. The van der Waals surface area contributed by atoms with Crippen LogP contribution in [-0.2, 0) is 13.1 Å². The SMILES string of the molecule is CCOc1c(Cl)cc(CNCc2ccco2)cc1Cl. The van der Waals surface area contributed by atoms with Gasteiger partial charge < -0.3 is 14.5 Å². The predicted octanol–water partition coefficient (Wildman–Crippen LogP) is 4.27. The van der Waals surface area contributed by atoms with Crippen LogP contribution in [0.2, 0.25) is 10.0 Å². The monoisotopic (exact) mass is 299 g/mol. The summed E-state index contributed by atoms with van der Waals surface area (Å²) in [7, 11) is 0. The second-order valence-electron chi connectivity index (χ2n) is 4.00. The van der Waals surface area contributed by atoms with E-state index in [-0.39, 0.29) is 0 Å². The molecule has 0 aliphatic carbocycles. The molecule has 2 aromatic rings. The van der Waals surface area contributed by atoms with Gasteiger partial charge in [0.2, 0.25) is 0 Å². The molecule has 0 fully saturated rings. The molecule has 1 aromatic carbocycles. The van der Waals surface area contributed by atoms with E-state index in [1.165, 1.54) is 0 Å². The van der Waals surface area contributed by atoms with Crippen LogP contribution in [0, 0.1) is 0 Å². The molecule has 0 unspecified atom stereocenters. The second kappa shape index (κ2) is 6.85. The first-order valence-corrected chi connectivity index (χ1v) is 6.80. The number of ether oxygens (including phenoxy) is 1. The van der Waals surface area contributed by atoms with Crippen LogP contribution in [0.5, 0.6) is 5.75 Å². The van der Waals surface area contributed by atoms with Crippen LogP contribution in [0.25, 0.3) is 0 Å². The standard InChI is InChI=1S/C14H15Cl2NO2/c1-2-18-14-12(15)6-10(7-13(14)16)8-17-9-11-4-3-5-19-11/h3-7,17H,2,8-9H2,1H3. The van der Waals surface area contributed by atoms with Crippen molar-refractivity contribution >= 4 is 23.2 Å². The Labute approximate surface area is 122 Å². The van der Waals surface area contributed by atoms with Gasteiger partial charge in [-0.05, 0) is 36.8 Å². The van der Waals surface area contributed by atoms with Gasteiger partial charge in [-0.25, -0.2) is 0 Å². The number of benzene rings is 1. The van der Waals surface area contributed by atoms with Crippen molar-refractivity contribution in [2.24, 2.45) is 0 Å². The van der Waals surface area contributed by atoms with Gasteiger partial charge in [0.05, 0.1) is 29.5 Å². The molecule has 3 nitrogen and oxygen atoms in total. The Balaban J connectivity index is 1.97. The van der Waals surface area contributed by atoms with E-state index in [1.807, 2.05) is 31.2 Å². The molecule has 5 heteroatoms. The molecular formula is C14H15Cl2NO2. The Morgan fingerprint density at radius 1 is 1.21 bits per heavy atom. The molecule has 0 spiro atoms. The van der Waals surface area contributed by atoms with E-state index in [4.69, 9.17) is 32.4 Å². The molecule has 0 aliphatic rings. The fraction of sp³-hybridized carbons (Fsp3) is 0.286. The summed E-state index contributed by atoms with van der Waals surface area (Å²) in [5, 5.41) is 4.32. The molecule has 1 N–H and O–H groups in total. The topological polar surface area (TPSA) is 34.4 Å². The lowest BCUT2D eigenvalue weighted by atomic mass is 10.2. The van der Waals surface area contributed by atoms with Crippen LogP contribution in [-0.4, -0.2) is 6.61 Å². The highest BCUT2D eigenvalue weighted by molar-refractivity contribution is 6.37. The summed E-state index contributed by atoms with van der Waals surface area (Å²) in [4.78, 5) is 0. The van der Waals surface area contributed by atoms with E-state index in [1.54, 1.807) is 6.26 Å². The average molecular weight is 300 g/mol. The van der Waals surface area contributed by atoms with Crippen molar-refractivity contribution in [2.45, 2.75) is 20.0 Å². The number of hydrogen-bond acceptors (Lipinski definition) is 3. The first-order valence-electron chi connectivity index (χ1n) is 6.04. The van der Waals surface area contributed by atoms with Crippen molar-refractivity contribution in [1.82, 2.24) is 5.32 Å². The lowest BCUT2D eigenvalue weighted by Crippen LogP contribution is -2.12. The number of rotatable bonds is 6. The van der Waals surface area contributed by atoms with Gasteiger partial charge in [0.25, 0.3) is 0 Å². The lowest BCUT2D eigenvalue weighted by Gasteiger charge is -2.10. The van der Waals surface area contributed by atoms with Crippen molar-refractivity contribution < 1.29 is 9.15 Å². The van der Waals surface area contributed by atoms with Crippen molar-refractivity contribution in [3.63, 3.8) is 0 Å². The van der Waals surface area contributed by atoms with Gasteiger partial charge >= 0.3 is 0 Å². The molecule has 0 aliphatic heterocycles. The van der Waals surface area contributed by atoms with Gasteiger partial charge in [0.1, 0.15) is 5.76 Å².